The second-order valence-electron chi connectivity index (χ2n) is 3.49. The molecule has 2 nitrogen and oxygen atoms in total. The summed E-state index contributed by atoms with van der Waals surface area (Å²) in [6.07, 6.45) is -4.24. The Hall–Kier alpha value is -0.520. The van der Waals surface area contributed by atoms with Gasteiger partial charge in [-0.05, 0) is 26.3 Å². The summed E-state index contributed by atoms with van der Waals surface area (Å²) in [5, 5.41) is 4.05. The molecule has 1 atom stereocenters. The molecule has 15 heavy (non-hydrogen) atoms. The van der Waals surface area contributed by atoms with Crippen LogP contribution in [0.1, 0.15) is 17.0 Å². The SMILES string of the molecule is Cc1nn(CC(Br)C(F)(F)F)c(C)c1C. The molecule has 0 radical (unpaired) electrons. The van der Waals surface area contributed by atoms with Crippen LogP contribution in [-0.2, 0) is 6.54 Å². The third-order valence-corrected chi connectivity index (χ3v) is 3.24. The Balaban J connectivity index is 2.86. The maximum absolute atomic E-state index is 12.3. The van der Waals surface area contributed by atoms with Gasteiger partial charge in [0.15, 0.2) is 0 Å². The Bertz CT molecular complexity index is 357. The average Bonchev–Trinajstić information content (AvgIpc) is 2.32. The molecular formula is C9H12BrF3N2. The van der Waals surface area contributed by atoms with Gasteiger partial charge in [-0.1, -0.05) is 15.9 Å². The lowest BCUT2D eigenvalue weighted by atomic mass is 10.2. The fourth-order valence-corrected chi connectivity index (χ4v) is 1.49. The van der Waals surface area contributed by atoms with Crippen LogP contribution in [0, 0.1) is 20.8 Å². The first kappa shape index (κ1) is 12.5. The first-order valence-corrected chi connectivity index (χ1v) is 5.36. The van der Waals surface area contributed by atoms with Gasteiger partial charge in [-0.2, -0.15) is 18.3 Å². The van der Waals surface area contributed by atoms with Crippen LogP contribution in [0.2, 0.25) is 0 Å². The lowest BCUT2D eigenvalue weighted by Gasteiger charge is -2.14. The van der Waals surface area contributed by atoms with Crippen LogP contribution in [0.4, 0.5) is 13.2 Å². The van der Waals surface area contributed by atoms with E-state index < -0.39 is 11.0 Å². The molecule has 0 saturated carbocycles. The molecular weight excluding hydrogens is 273 g/mol. The normalized spacial score (nSPS) is 14.3. The number of aryl methyl sites for hydroxylation is 1. The van der Waals surface area contributed by atoms with Gasteiger partial charge in [0, 0.05) is 5.69 Å². The molecule has 0 aromatic carbocycles. The number of hydrogen-bond acceptors (Lipinski definition) is 1. The highest BCUT2D eigenvalue weighted by molar-refractivity contribution is 9.09. The maximum atomic E-state index is 12.3. The van der Waals surface area contributed by atoms with E-state index >= 15 is 0 Å². The summed E-state index contributed by atoms with van der Waals surface area (Å²) in [5.41, 5.74) is 2.49. The van der Waals surface area contributed by atoms with Gasteiger partial charge < -0.3 is 0 Å². The predicted octanol–water partition coefficient (Wildman–Crippen LogP) is 3.13. The van der Waals surface area contributed by atoms with Gasteiger partial charge in [-0.3, -0.25) is 4.68 Å². The van der Waals surface area contributed by atoms with Crippen molar-refractivity contribution < 1.29 is 13.2 Å². The Kier molecular flexibility index (Phi) is 3.48. The van der Waals surface area contributed by atoms with Crippen LogP contribution in [0.25, 0.3) is 0 Å². The minimum absolute atomic E-state index is 0.190. The van der Waals surface area contributed by atoms with E-state index in [0.717, 1.165) is 17.0 Å². The summed E-state index contributed by atoms with van der Waals surface area (Å²) in [4.78, 5) is -1.55. The van der Waals surface area contributed by atoms with E-state index in [2.05, 4.69) is 21.0 Å². The largest absolute Gasteiger partial charge is 0.403 e. The molecule has 1 rings (SSSR count). The molecule has 1 heterocycles. The van der Waals surface area contributed by atoms with Gasteiger partial charge in [-0.25, -0.2) is 0 Å². The summed E-state index contributed by atoms with van der Waals surface area (Å²) in [6, 6.07) is 0. The van der Waals surface area contributed by atoms with Crippen LogP contribution in [0.15, 0.2) is 0 Å². The molecule has 0 aliphatic heterocycles. The van der Waals surface area contributed by atoms with Crippen LogP contribution >= 0.6 is 15.9 Å². The van der Waals surface area contributed by atoms with E-state index in [1.54, 1.807) is 13.8 Å². The summed E-state index contributed by atoms with van der Waals surface area (Å²) in [7, 11) is 0. The number of rotatable bonds is 2. The highest BCUT2D eigenvalue weighted by Gasteiger charge is 2.38. The summed E-state index contributed by atoms with van der Waals surface area (Å²) in [6.45, 7) is 5.22. The van der Waals surface area contributed by atoms with E-state index in [4.69, 9.17) is 0 Å². The molecule has 1 aromatic heterocycles. The van der Waals surface area contributed by atoms with Crippen molar-refractivity contribution in [2.75, 3.05) is 0 Å². The third kappa shape index (κ3) is 2.74. The number of alkyl halides is 4. The third-order valence-electron chi connectivity index (χ3n) is 2.43. The molecule has 86 valence electrons. The van der Waals surface area contributed by atoms with Crippen molar-refractivity contribution in [3.8, 4) is 0 Å². The average molecular weight is 285 g/mol. The van der Waals surface area contributed by atoms with Crippen molar-refractivity contribution in [2.24, 2.45) is 0 Å². The Labute approximate surface area is 94.6 Å². The van der Waals surface area contributed by atoms with Gasteiger partial charge in [0.05, 0.1) is 12.2 Å². The minimum Gasteiger partial charge on any atom is -0.268 e. The van der Waals surface area contributed by atoms with E-state index in [0.29, 0.717) is 0 Å². The Morgan fingerprint density at radius 3 is 2.20 bits per heavy atom. The van der Waals surface area contributed by atoms with Gasteiger partial charge in [-0.15, -0.1) is 0 Å². The van der Waals surface area contributed by atoms with Crippen molar-refractivity contribution >= 4 is 15.9 Å². The van der Waals surface area contributed by atoms with E-state index in [1.165, 1.54) is 4.68 Å². The molecule has 0 amide bonds. The van der Waals surface area contributed by atoms with E-state index in [1.807, 2.05) is 6.92 Å². The van der Waals surface area contributed by atoms with Gasteiger partial charge in [0.1, 0.15) is 4.83 Å². The molecule has 0 saturated heterocycles. The van der Waals surface area contributed by atoms with Crippen molar-refractivity contribution in [1.82, 2.24) is 9.78 Å². The minimum atomic E-state index is -4.24. The standard InChI is InChI=1S/C9H12BrF3N2/c1-5-6(2)14-15(7(5)3)4-8(10)9(11,12)13/h8H,4H2,1-3H3. The number of hydrogen-bond donors (Lipinski definition) is 0. The molecule has 0 N–H and O–H groups in total. The van der Waals surface area contributed by atoms with E-state index in [-0.39, 0.29) is 6.54 Å². The smallest absolute Gasteiger partial charge is 0.268 e. The van der Waals surface area contributed by atoms with Crippen LogP contribution in [0.5, 0.6) is 0 Å². The highest BCUT2D eigenvalue weighted by Crippen LogP contribution is 2.28. The van der Waals surface area contributed by atoms with Gasteiger partial charge in [0.25, 0.3) is 0 Å². The van der Waals surface area contributed by atoms with Crippen LogP contribution < -0.4 is 0 Å². The first-order chi connectivity index (χ1) is 6.73. The van der Waals surface area contributed by atoms with Gasteiger partial charge in [0.2, 0.25) is 0 Å². The topological polar surface area (TPSA) is 17.8 Å². The Morgan fingerprint density at radius 1 is 1.33 bits per heavy atom. The number of nitrogens with zero attached hydrogens (tertiary/aromatic N) is 2. The highest BCUT2D eigenvalue weighted by atomic mass is 79.9. The molecule has 0 spiro atoms. The van der Waals surface area contributed by atoms with Crippen LogP contribution in [-0.4, -0.2) is 20.8 Å². The van der Waals surface area contributed by atoms with Gasteiger partial charge >= 0.3 is 6.18 Å². The van der Waals surface area contributed by atoms with Crippen molar-refractivity contribution in [1.29, 1.82) is 0 Å². The molecule has 0 fully saturated rings. The van der Waals surface area contributed by atoms with Crippen molar-refractivity contribution in [3.05, 3.63) is 17.0 Å². The predicted molar refractivity (Wildman–Crippen MR) is 55.2 cm³/mol. The summed E-state index contributed by atoms with van der Waals surface area (Å²) in [5.74, 6) is 0. The zero-order valence-corrected chi connectivity index (χ0v) is 10.3. The second-order valence-corrected chi connectivity index (χ2v) is 4.59. The van der Waals surface area contributed by atoms with E-state index in [9.17, 15) is 13.2 Å². The molecule has 0 aliphatic carbocycles. The fourth-order valence-electron chi connectivity index (χ4n) is 1.22. The van der Waals surface area contributed by atoms with Crippen LogP contribution in [0.3, 0.4) is 0 Å². The zero-order valence-electron chi connectivity index (χ0n) is 8.69. The molecule has 6 heteroatoms. The summed E-state index contributed by atoms with van der Waals surface area (Å²) >= 11 is 2.62. The lowest BCUT2D eigenvalue weighted by Crippen LogP contribution is -2.28. The Morgan fingerprint density at radius 2 is 1.87 bits per heavy atom. The zero-order chi connectivity index (χ0) is 11.8. The molecule has 0 aliphatic rings. The molecule has 1 unspecified atom stereocenters. The maximum Gasteiger partial charge on any atom is 0.403 e. The fraction of sp³-hybridized carbons (Fsp3) is 0.667. The molecule has 0 bridgehead atoms. The number of halogens is 4. The summed E-state index contributed by atoms with van der Waals surface area (Å²) < 4.78 is 38.2. The lowest BCUT2D eigenvalue weighted by molar-refractivity contribution is -0.129. The monoisotopic (exact) mass is 284 g/mol. The number of aromatic nitrogens is 2. The molecule has 1 aromatic rings. The quantitative estimate of drug-likeness (QED) is 0.763. The second kappa shape index (κ2) is 4.15. The van der Waals surface area contributed by atoms with Crippen molar-refractivity contribution in [3.63, 3.8) is 0 Å². The van der Waals surface area contributed by atoms with Crippen molar-refractivity contribution in [2.45, 2.75) is 38.3 Å². The first-order valence-electron chi connectivity index (χ1n) is 4.45.